The van der Waals surface area contributed by atoms with Gasteiger partial charge in [0.25, 0.3) is 0 Å². The molecule has 2 aromatic rings. The summed E-state index contributed by atoms with van der Waals surface area (Å²) in [6.45, 7) is 3.52. The number of aromatic nitrogens is 1. The van der Waals surface area contributed by atoms with Gasteiger partial charge >= 0.3 is 0 Å². The van der Waals surface area contributed by atoms with Gasteiger partial charge in [-0.25, -0.2) is 13.4 Å². The lowest BCUT2D eigenvalue weighted by atomic mass is 9.80. The quantitative estimate of drug-likeness (QED) is 0.331. The molecule has 4 aliphatic rings. The minimum Gasteiger partial charge on any atom is -0.303 e. The molecule has 2 heterocycles. The molecule has 1 N–H and O–H groups in total. The fourth-order valence-electron chi connectivity index (χ4n) is 6.50. The number of halogens is 1. The number of hydrogen-bond donors (Lipinski definition) is 1. The van der Waals surface area contributed by atoms with E-state index in [0.717, 1.165) is 41.3 Å². The van der Waals surface area contributed by atoms with Gasteiger partial charge in [0.15, 0.2) is 15.0 Å². The van der Waals surface area contributed by atoms with E-state index in [0.29, 0.717) is 21.9 Å². The van der Waals surface area contributed by atoms with Gasteiger partial charge in [0.05, 0.1) is 26.0 Å². The minimum atomic E-state index is -3.24. The van der Waals surface area contributed by atoms with Crippen LogP contribution >= 0.6 is 35.5 Å². The van der Waals surface area contributed by atoms with E-state index >= 15 is 0 Å². The number of nitrogens with one attached hydrogen (secondary N) is 1. The third-order valence-corrected chi connectivity index (χ3v) is 13.2. The number of thiazole rings is 1. The van der Waals surface area contributed by atoms with Crippen LogP contribution in [0.25, 0.3) is 0 Å². The van der Waals surface area contributed by atoms with Gasteiger partial charge in [0.1, 0.15) is 0 Å². The van der Waals surface area contributed by atoms with Crippen molar-refractivity contribution in [1.29, 1.82) is 0 Å². The molecule has 1 saturated heterocycles. The normalized spacial score (nSPS) is 26.2. The number of hydrogen-bond acceptors (Lipinski definition) is 7. The van der Waals surface area contributed by atoms with E-state index in [-0.39, 0.29) is 23.6 Å². The molecule has 0 spiro atoms. The third kappa shape index (κ3) is 5.82. The molecule has 0 bridgehead atoms. The van der Waals surface area contributed by atoms with Crippen LogP contribution in [0.3, 0.4) is 0 Å². The molecule has 2 atom stereocenters. The van der Waals surface area contributed by atoms with Crippen molar-refractivity contribution < 1.29 is 13.2 Å². The third-order valence-electron chi connectivity index (χ3n) is 8.86. The highest BCUT2D eigenvalue weighted by atomic mass is 35.5. The van der Waals surface area contributed by atoms with E-state index < -0.39 is 15.3 Å². The molecule has 3 aliphatic carbocycles. The molecule has 1 aromatic heterocycles. The average molecular weight is 596 g/mol. The second-order valence-corrected chi connectivity index (χ2v) is 15.9. The fourth-order valence-corrected chi connectivity index (χ4v) is 10.1. The maximum atomic E-state index is 13.9. The maximum absolute atomic E-state index is 13.9. The lowest BCUT2D eigenvalue weighted by Crippen LogP contribution is -2.32. The predicted octanol–water partition coefficient (Wildman–Crippen LogP) is 6.17. The Labute approximate surface area is 241 Å². The summed E-state index contributed by atoms with van der Waals surface area (Å²) < 4.78 is 26.6. The van der Waals surface area contributed by atoms with Gasteiger partial charge in [-0.05, 0) is 74.7 Å². The fraction of sp³-hybridized carbons (Fsp3) is 0.643. The highest BCUT2D eigenvalue weighted by molar-refractivity contribution is 8.01. The van der Waals surface area contributed by atoms with E-state index in [1.807, 2.05) is 30.1 Å². The van der Waals surface area contributed by atoms with Crippen LogP contribution in [0.2, 0.25) is 0 Å². The van der Waals surface area contributed by atoms with Crippen molar-refractivity contribution in [1.82, 2.24) is 9.88 Å². The molecule has 0 unspecified atom stereocenters. The molecule has 6 nitrogen and oxygen atoms in total. The van der Waals surface area contributed by atoms with E-state index in [1.165, 1.54) is 58.0 Å². The molecule has 38 heavy (non-hydrogen) atoms. The van der Waals surface area contributed by atoms with Crippen molar-refractivity contribution in [3.8, 4) is 0 Å². The van der Waals surface area contributed by atoms with Crippen molar-refractivity contribution in [2.75, 3.05) is 30.7 Å². The van der Waals surface area contributed by atoms with E-state index in [9.17, 15) is 13.2 Å². The Kier molecular flexibility index (Phi) is 8.80. The van der Waals surface area contributed by atoms with Crippen molar-refractivity contribution in [2.24, 2.45) is 11.8 Å². The summed E-state index contributed by atoms with van der Waals surface area (Å²) in [6, 6.07) is 7.26. The molecule has 4 fully saturated rings. The average Bonchev–Trinajstić information content (AvgIpc) is 3.81. The highest BCUT2D eigenvalue weighted by Crippen LogP contribution is 2.61. The number of thioether (sulfide) groups is 1. The first-order valence-corrected chi connectivity index (χ1v) is 17.3. The Morgan fingerprint density at radius 2 is 1.76 bits per heavy atom. The Morgan fingerprint density at radius 3 is 2.45 bits per heavy atom. The van der Waals surface area contributed by atoms with Crippen LogP contribution in [-0.4, -0.2) is 54.8 Å². The van der Waals surface area contributed by atoms with Crippen LogP contribution in [0.15, 0.2) is 39.6 Å². The number of anilines is 1. The minimum absolute atomic E-state index is 0. The van der Waals surface area contributed by atoms with E-state index in [2.05, 4.69) is 15.2 Å². The van der Waals surface area contributed by atoms with Crippen LogP contribution in [0.1, 0.15) is 69.8 Å². The zero-order valence-electron chi connectivity index (χ0n) is 21.8. The van der Waals surface area contributed by atoms with Crippen LogP contribution in [0.5, 0.6) is 0 Å². The molecule has 10 heteroatoms. The molecular weight excluding hydrogens is 558 g/mol. The topological polar surface area (TPSA) is 79.4 Å². The van der Waals surface area contributed by atoms with Crippen LogP contribution in [0.4, 0.5) is 5.13 Å². The van der Waals surface area contributed by atoms with Gasteiger partial charge < -0.3 is 10.2 Å². The van der Waals surface area contributed by atoms with Crippen molar-refractivity contribution in [3.63, 3.8) is 0 Å². The van der Waals surface area contributed by atoms with Crippen molar-refractivity contribution >= 4 is 56.4 Å². The zero-order chi connectivity index (χ0) is 25.5. The second-order valence-electron chi connectivity index (χ2n) is 11.3. The van der Waals surface area contributed by atoms with Crippen molar-refractivity contribution in [2.45, 2.75) is 84.0 Å². The van der Waals surface area contributed by atoms with E-state index in [1.54, 1.807) is 23.5 Å². The van der Waals surface area contributed by atoms with Crippen LogP contribution in [-0.2, 0) is 20.0 Å². The summed E-state index contributed by atoms with van der Waals surface area (Å²) in [6.07, 6.45) is 13.0. The van der Waals surface area contributed by atoms with Crippen LogP contribution in [0, 0.1) is 11.8 Å². The first-order chi connectivity index (χ1) is 18.0. The Balaban J connectivity index is 0.00000294. The number of likely N-dealkylation sites (tertiary alicyclic amines) is 1. The zero-order valence-corrected chi connectivity index (χ0v) is 25.0. The monoisotopic (exact) mass is 595 g/mol. The van der Waals surface area contributed by atoms with E-state index in [4.69, 9.17) is 0 Å². The maximum Gasteiger partial charge on any atom is 0.237 e. The summed E-state index contributed by atoms with van der Waals surface area (Å²) in [5, 5.41) is 3.60. The molecule has 208 valence electrons. The number of nitrogens with zero attached hydrogens (tertiary/aromatic N) is 2. The number of sulfone groups is 1. The number of amides is 1. The second kappa shape index (κ2) is 11.8. The predicted molar refractivity (Wildman–Crippen MR) is 157 cm³/mol. The lowest BCUT2D eigenvalue weighted by molar-refractivity contribution is -0.119. The number of carbonyl (C=O) groups excluding carboxylic acids is 1. The first-order valence-electron chi connectivity index (χ1n) is 13.9. The molecule has 6 rings (SSSR count). The lowest BCUT2D eigenvalue weighted by Gasteiger charge is -2.25. The van der Waals surface area contributed by atoms with Crippen molar-refractivity contribution in [3.05, 3.63) is 36.0 Å². The summed E-state index contributed by atoms with van der Waals surface area (Å²) in [4.78, 5) is 21.3. The molecule has 3 saturated carbocycles. The molecule has 0 radical (unpaired) electrons. The summed E-state index contributed by atoms with van der Waals surface area (Å²) in [5.41, 5.74) is 0.366. The smallest absolute Gasteiger partial charge is 0.237 e. The Bertz CT molecular complexity index is 1220. The molecule has 1 aliphatic heterocycles. The summed E-state index contributed by atoms with van der Waals surface area (Å²) >= 11 is 3.37. The summed E-state index contributed by atoms with van der Waals surface area (Å²) in [7, 11) is -3.24. The van der Waals surface area contributed by atoms with Gasteiger partial charge in [-0.3, -0.25) is 4.79 Å². The van der Waals surface area contributed by atoms with Gasteiger partial charge in [-0.1, -0.05) is 55.6 Å². The standard InChI is InChI=1S/C28H37N3O3S3.ClH/c32-26(30-27-29-19-25(36-27)35-17-16-31-14-4-5-15-31)28(18-24(28)20-6-2-1-3-7-20)21-8-10-22(11-9-21)37(33,34)23-12-13-23;/h8-11,19-20,23-24H,1-7,12-18H2,(H,29,30,32);1H/t24-,28-;/m0./s1. The van der Waals surface area contributed by atoms with Gasteiger partial charge in [-0.15, -0.1) is 24.2 Å². The number of carbonyl (C=O) groups is 1. The summed E-state index contributed by atoms with van der Waals surface area (Å²) in [5.74, 6) is 1.93. The highest BCUT2D eigenvalue weighted by Gasteiger charge is 2.63. The van der Waals surface area contributed by atoms with Gasteiger partial charge in [-0.2, -0.15) is 0 Å². The molecule has 1 amide bonds. The molecular formula is C28H38ClN3O3S3. The molecule has 1 aromatic carbocycles. The van der Waals surface area contributed by atoms with Gasteiger partial charge in [0.2, 0.25) is 5.91 Å². The largest absolute Gasteiger partial charge is 0.303 e. The first kappa shape index (κ1) is 28.4. The SMILES string of the molecule is Cl.O=C(Nc1ncc(SCCN2CCCC2)s1)[C@]1(c2ccc(S(=O)(=O)C3CC3)cc2)C[C@H]1C1CCCCC1. The number of benzene rings is 1. The Morgan fingerprint density at radius 1 is 1.05 bits per heavy atom. The Hall–Kier alpha value is -1.13. The van der Waals surface area contributed by atoms with Crippen LogP contribution < -0.4 is 5.32 Å². The number of rotatable bonds is 10. The van der Waals surface area contributed by atoms with Gasteiger partial charge in [0, 0.05) is 12.3 Å².